The highest BCUT2D eigenvalue weighted by Gasteiger charge is 2.18. The van der Waals surface area contributed by atoms with E-state index in [1.54, 1.807) is 36.4 Å². The number of hydrogen-bond donors (Lipinski definition) is 4. The second-order valence-electron chi connectivity index (χ2n) is 10.0. The maximum Gasteiger partial charge on any atom is 0.350 e. The Kier molecular flexibility index (Phi) is 22.1. The van der Waals surface area contributed by atoms with Gasteiger partial charge in [-0.3, -0.25) is 4.79 Å². The standard InChI is InChI=1S/C10H10N2O3S.C9H8N2O3S.C7H5ClN2O.C6H2Cl2N2.C3H6O2S.CH4/c1-14-6-4-3-5-7(11)8(10(13)15-2)16-9(5)12-6;1-14-5-3-2-4-6(10)7(9(12)13)15-8(4)11-5;1-11-6-3-2-5(4-9)7(8)10-6;7-5-2-1-4(3-9)6(8)10-5;1-5-3(4)2-6;/h3-4H,11H2,1-2H3;2-3H,10H2,1H3,(H,12,13);2-3H,1H3;1-2H;6H,2H2,1H3;1H4. The summed E-state index contributed by atoms with van der Waals surface area (Å²) in [5.41, 5.74) is 12.9. The number of fused-ring (bicyclic) bond motifs is 2. The molecule has 6 heterocycles. The lowest BCUT2D eigenvalue weighted by Crippen LogP contribution is -2.01. The molecule has 17 nitrogen and oxygen atoms in total. The number of nitrogen functional groups attached to an aromatic ring is 2. The molecule has 5 N–H and O–H groups in total. The fourth-order valence-corrected chi connectivity index (χ4v) is 6.40. The summed E-state index contributed by atoms with van der Waals surface area (Å²) in [5, 5.41) is 27.7. The van der Waals surface area contributed by atoms with Gasteiger partial charge in [0.1, 0.15) is 41.9 Å². The number of carbonyl (C=O) groups is 3. The predicted molar refractivity (Wildman–Crippen MR) is 232 cm³/mol. The van der Waals surface area contributed by atoms with Gasteiger partial charge in [0.05, 0.1) is 63.8 Å². The summed E-state index contributed by atoms with van der Waals surface area (Å²) in [7, 11) is 7.18. The van der Waals surface area contributed by atoms with Gasteiger partial charge in [0.2, 0.25) is 17.6 Å². The van der Waals surface area contributed by atoms with E-state index in [4.69, 9.17) is 76.1 Å². The topological polar surface area (TPSA) is 269 Å². The molecule has 6 rings (SSSR count). The molecule has 6 aromatic rings. The quantitative estimate of drug-likeness (QED) is 0.0703. The molecule has 0 aliphatic carbocycles. The molecule has 0 aliphatic heterocycles. The van der Waals surface area contributed by atoms with E-state index in [2.05, 4.69) is 42.0 Å². The van der Waals surface area contributed by atoms with Gasteiger partial charge in [-0.25, -0.2) is 29.5 Å². The number of carbonyl (C=O) groups excluding carboxylic acids is 2. The molecule has 0 amide bonds. The van der Waals surface area contributed by atoms with Gasteiger partial charge in [0.25, 0.3) is 0 Å². The number of carboxylic acids is 1. The number of hydrogen-bond acceptors (Lipinski definition) is 19. The third-order valence-corrected chi connectivity index (χ3v) is 9.81. The number of carboxylic acid groups (broad SMARTS) is 1. The first-order chi connectivity index (χ1) is 27.6. The van der Waals surface area contributed by atoms with E-state index in [9.17, 15) is 14.4 Å². The summed E-state index contributed by atoms with van der Waals surface area (Å²) >= 11 is 22.4. The van der Waals surface area contributed by atoms with Crippen molar-refractivity contribution in [1.82, 2.24) is 19.9 Å². The number of thiophene rings is 2. The van der Waals surface area contributed by atoms with Gasteiger partial charge >= 0.3 is 17.9 Å². The number of nitrogens with zero attached hydrogens (tertiary/aromatic N) is 6. The van der Waals surface area contributed by atoms with Crippen molar-refractivity contribution in [2.24, 2.45) is 0 Å². The third-order valence-electron chi connectivity index (χ3n) is 6.56. The molecule has 0 unspecified atom stereocenters. The summed E-state index contributed by atoms with van der Waals surface area (Å²) in [5.74, 6) is -0.261. The Labute approximate surface area is 366 Å². The zero-order valence-corrected chi connectivity index (χ0v) is 35.6. The normalized spacial score (nSPS) is 9.41. The number of aromatic carboxylic acids is 1. The lowest BCUT2D eigenvalue weighted by molar-refractivity contribution is -0.137. The number of halogens is 3. The molecule has 0 bridgehead atoms. The maximum absolute atomic E-state index is 11.4. The number of methoxy groups -OCH3 is 5. The summed E-state index contributed by atoms with van der Waals surface area (Å²) < 4.78 is 23.5. The molecule has 0 spiro atoms. The van der Waals surface area contributed by atoms with Crippen molar-refractivity contribution in [3.63, 3.8) is 0 Å². The number of pyridine rings is 4. The van der Waals surface area contributed by atoms with Crippen molar-refractivity contribution >= 4 is 120 Å². The number of ether oxygens (including phenoxy) is 5. The van der Waals surface area contributed by atoms with Crippen molar-refractivity contribution < 1.29 is 43.2 Å². The van der Waals surface area contributed by atoms with Crippen LogP contribution < -0.4 is 25.7 Å². The highest BCUT2D eigenvalue weighted by atomic mass is 35.5. The molecule has 0 aliphatic rings. The van der Waals surface area contributed by atoms with Gasteiger partial charge < -0.3 is 40.3 Å². The summed E-state index contributed by atoms with van der Waals surface area (Å²) in [6.45, 7) is 0. The molecule has 0 saturated carbocycles. The van der Waals surface area contributed by atoms with Crippen LogP contribution in [-0.4, -0.2) is 84.3 Å². The van der Waals surface area contributed by atoms with Crippen LogP contribution in [0.3, 0.4) is 0 Å². The van der Waals surface area contributed by atoms with E-state index in [0.29, 0.717) is 59.5 Å². The zero-order valence-electron chi connectivity index (χ0n) is 30.8. The predicted octanol–water partition coefficient (Wildman–Crippen LogP) is 7.86. The SMILES string of the molecule is C.COC(=O)CS.COC(=O)c1sc2nc(OC)ccc2c1N.COc1ccc(C#N)c(Cl)n1.COc1ccc2c(N)c(C(=O)O)sc2n1.N#Cc1ccc(Cl)nc1Cl. The molecule has 0 atom stereocenters. The fraction of sp³-hybridized carbons (Fsp3) is 0.194. The van der Waals surface area contributed by atoms with E-state index >= 15 is 0 Å². The summed E-state index contributed by atoms with van der Waals surface area (Å²) in [6.07, 6.45) is 0. The summed E-state index contributed by atoms with van der Waals surface area (Å²) in [6, 6.07) is 16.8. The van der Waals surface area contributed by atoms with E-state index in [0.717, 1.165) is 16.7 Å². The molecule has 59 heavy (non-hydrogen) atoms. The average molecular weight is 926 g/mol. The summed E-state index contributed by atoms with van der Waals surface area (Å²) in [4.78, 5) is 49.6. The van der Waals surface area contributed by atoms with Crippen LogP contribution in [0.25, 0.3) is 20.4 Å². The largest absolute Gasteiger partial charge is 0.481 e. The van der Waals surface area contributed by atoms with Gasteiger partial charge in [-0.2, -0.15) is 23.2 Å². The second kappa shape index (κ2) is 25.5. The molecular weight excluding hydrogens is 891 g/mol. The number of esters is 2. The maximum atomic E-state index is 11.4. The first-order valence-corrected chi connectivity index (χ1v) is 18.8. The molecule has 0 radical (unpaired) electrons. The second-order valence-corrected chi connectivity index (χ2v) is 13.4. The third kappa shape index (κ3) is 14.8. The lowest BCUT2D eigenvalue weighted by Gasteiger charge is -1.98. The van der Waals surface area contributed by atoms with Crippen LogP contribution in [0.4, 0.5) is 11.4 Å². The first-order valence-electron chi connectivity index (χ1n) is 15.4. The van der Waals surface area contributed by atoms with Crippen molar-refractivity contribution in [1.29, 1.82) is 10.5 Å². The van der Waals surface area contributed by atoms with Crippen molar-refractivity contribution in [3.8, 4) is 29.8 Å². The minimum Gasteiger partial charge on any atom is -0.481 e. The molecule has 23 heteroatoms. The molecule has 0 aromatic carbocycles. The Balaban J connectivity index is 0.000000380. The highest BCUT2D eigenvalue weighted by molar-refractivity contribution is 7.81. The van der Waals surface area contributed by atoms with Crippen LogP contribution in [0.15, 0.2) is 48.5 Å². The zero-order chi connectivity index (χ0) is 43.5. The number of anilines is 2. The Morgan fingerprint density at radius 2 is 1.12 bits per heavy atom. The van der Waals surface area contributed by atoms with Crippen molar-refractivity contribution in [2.75, 3.05) is 52.8 Å². The molecule has 312 valence electrons. The lowest BCUT2D eigenvalue weighted by atomic mass is 10.2. The van der Waals surface area contributed by atoms with E-state index in [-0.39, 0.29) is 40.0 Å². The highest BCUT2D eigenvalue weighted by Crippen LogP contribution is 2.35. The number of rotatable bonds is 6. The smallest absolute Gasteiger partial charge is 0.350 e. The van der Waals surface area contributed by atoms with E-state index in [1.165, 1.54) is 59.0 Å². The van der Waals surface area contributed by atoms with Crippen LogP contribution in [0.1, 0.15) is 37.9 Å². The van der Waals surface area contributed by atoms with Crippen LogP contribution in [0, 0.1) is 22.7 Å². The number of nitriles is 2. The number of nitrogens with two attached hydrogens (primary N) is 2. The van der Waals surface area contributed by atoms with Gasteiger partial charge in [-0.05, 0) is 30.3 Å². The van der Waals surface area contributed by atoms with Crippen LogP contribution in [0.2, 0.25) is 15.5 Å². The Bertz CT molecular complexity index is 2470. The van der Waals surface area contributed by atoms with Crippen LogP contribution in [-0.2, 0) is 14.3 Å². The van der Waals surface area contributed by atoms with Gasteiger partial charge in [0, 0.05) is 29.0 Å². The van der Waals surface area contributed by atoms with Gasteiger partial charge in [-0.15, -0.1) is 22.7 Å². The molecule has 0 saturated heterocycles. The van der Waals surface area contributed by atoms with E-state index in [1.807, 2.05) is 12.1 Å². The van der Waals surface area contributed by atoms with Crippen molar-refractivity contribution in [3.05, 3.63) is 84.9 Å². The Morgan fingerprint density at radius 1 is 0.695 bits per heavy atom. The molecule has 0 fully saturated rings. The fourth-order valence-electron chi connectivity index (χ4n) is 3.77. The van der Waals surface area contributed by atoms with E-state index < -0.39 is 11.9 Å². The average Bonchev–Trinajstić information content (AvgIpc) is 3.75. The van der Waals surface area contributed by atoms with Gasteiger partial charge in [0.15, 0.2) is 5.15 Å². The Morgan fingerprint density at radius 3 is 1.49 bits per heavy atom. The molecule has 6 aromatic heterocycles. The van der Waals surface area contributed by atoms with Gasteiger partial charge in [-0.1, -0.05) is 42.2 Å². The first kappa shape index (κ1) is 51.1. The minimum atomic E-state index is -1.03. The Hall–Kier alpha value is -5.87. The molecular formula is C36H35Cl3N8O9S3. The van der Waals surface area contributed by atoms with Crippen LogP contribution in [0.5, 0.6) is 17.6 Å². The minimum absolute atomic E-state index is 0. The number of thiol groups is 1. The van der Waals surface area contributed by atoms with Crippen LogP contribution >= 0.6 is 70.1 Å². The monoisotopic (exact) mass is 924 g/mol. The van der Waals surface area contributed by atoms with Crippen molar-refractivity contribution in [2.45, 2.75) is 7.43 Å². The number of aromatic nitrogens is 4.